The van der Waals surface area contributed by atoms with Crippen molar-refractivity contribution in [1.82, 2.24) is 5.32 Å². The van der Waals surface area contributed by atoms with Crippen molar-refractivity contribution in [2.24, 2.45) is 5.92 Å². The highest BCUT2D eigenvalue weighted by atomic mass is 32.2. The van der Waals surface area contributed by atoms with E-state index in [-0.39, 0.29) is 17.1 Å². The van der Waals surface area contributed by atoms with Gasteiger partial charge in [0, 0.05) is 37.4 Å². The van der Waals surface area contributed by atoms with E-state index in [2.05, 4.69) is 58.7 Å². The maximum absolute atomic E-state index is 13.0. The van der Waals surface area contributed by atoms with Crippen molar-refractivity contribution < 1.29 is 14.4 Å². The molecule has 6 rings (SSSR count). The molecule has 6 nitrogen and oxygen atoms in total. The summed E-state index contributed by atoms with van der Waals surface area (Å²) in [6, 6.07) is 25.3. The molecule has 1 unspecified atom stereocenters. The normalized spacial score (nSPS) is 20.0. The molecule has 3 aliphatic rings. The van der Waals surface area contributed by atoms with E-state index in [4.69, 9.17) is 0 Å². The molecule has 2 saturated heterocycles. The average Bonchev–Trinajstić information content (AvgIpc) is 3.27. The molecular formula is C31H31N3O3S. The van der Waals surface area contributed by atoms with Gasteiger partial charge in [0.2, 0.25) is 11.8 Å². The van der Waals surface area contributed by atoms with Gasteiger partial charge in [-0.05, 0) is 72.1 Å². The number of thioether (sulfide) groups is 1. The van der Waals surface area contributed by atoms with Gasteiger partial charge in [-0.2, -0.15) is 0 Å². The van der Waals surface area contributed by atoms with Crippen molar-refractivity contribution in [1.29, 1.82) is 0 Å². The van der Waals surface area contributed by atoms with E-state index in [1.165, 1.54) is 16.8 Å². The van der Waals surface area contributed by atoms with Crippen LogP contribution in [0.5, 0.6) is 0 Å². The zero-order valence-electron chi connectivity index (χ0n) is 21.3. The summed E-state index contributed by atoms with van der Waals surface area (Å²) < 4.78 is 0. The molecule has 7 heteroatoms. The van der Waals surface area contributed by atoms with Crippen molar-refractivity contribution in [3.8, 4) is 11.1 Å². The molecule has 0 radical (unpaired) electrons. The van der Waals surface area contributed by atoms with Gasteiger partial charge in [0.05, 0.1) is 5.25 Å². The number of benzene rings is 3. The van der Waals surface area contributed by atoms with Crippen LogP contribution in [0.15, 0.2) is 72.8 Å². The van der Waals surface area contributed by atoms with Crippen LogP contribution in [0.2, 0.25) is 0 Å². The monoisotopic (exact) mass is 525 g/mol. The number of amides is 3. The molecule has 1 atom stereocenters. The summed E-state index contributed by atoms with van der Waals surface area (Å²) in [5, 5.41) is 1.70. The fourth-order valence-electron chi connectivity index (χ4n) is 5.91. The van der Waals surface area contributed by atoms with Gasteiger partial charge in [-0.15, -0.1) is 0 Å². The van der Waals surface area contributed by atoms with E-state index in [9.17, 15) is 14.4 Å². The smallest absolute Gasteiger partial charge is 0.286 e. The number of nitrogens with one attached hydrogen (secondary N) is 1. The Balaban J connectivity index is 1.10. The molecule has 0 aliphatic carbocycles. The predicted octanol–water partition coefficient (Wildman–Crippen LogP) is 5.44. The van der Waals surface area contributed by atoms with Gasteiger partial charge in [0.15, 0.2) is 0 Å². The van der Waals surface area contributed by atoms with Crippen molar-refractivity contribution in [3.05, 3.63) is 83.9 Å². The van der Waals surface area contributed by atoms with Crippen LogP contribution in [-0.2, 0) is 22.4 Å². The quantitative estimate of drug-likeness (QED) is 0.464. The Kier molecular flexibility index (Phi) is 6.94. The van der Waals surface area contributed by atoms with Gasteiger partial charge in [0.25, 0.3) is 5.24 Å². The van der Waals surface area contributed by atoms with Gasteiger partial charge in [-0.3, -0.25) is 19.7 Å². The highest BCUT2D eigenvalue weighted by Gasteiger charge is 2.34. The van der Waals surface area contributed by atoms with E-state index in [1.54, 1.807) is 0 Å². The number of fused-ring (bicyclic) bond motifs is 1. The molecule has 3 heterocycles. The topological polar surface area (TPSA) is 69.7 Å². The standard InChI is InChI=1S/C31H31N3O3S/c35-29-14-13-26-24(19-28-30(36)32-31(37)38-28)7-4-8-27(26)34(29)20-21-15-17-33(18-16-21)25-11-9-23(10-12-25)22-5-2-1-3-6-22/h1-12,21,28H,13-20H2,(H,32,36,37). The zero-order chi connectivity index (χ0) is 26.1. The second kappa shape index (κ2) is 10.7. The van der Waals surface area contributed by atoms with Crippen molar-refractivity contribution in [2.45, 2.75) is 37.4 Å². The fraction of sp³-hybridized carbons (Fsp3) is 0.323. The zero-order valence-corrected chi connectivity index (χ0v) is 22.1. The Morgan fingerprint density at radius 2 is 1.55 bits per heavy atom. The minimum absolute atomic E-state index is 0.178. The lowest BCUT2D eigenvalue weighted by Crippen LogP contribution is -2.43. The molecule has 1 N–H and O–H groups in total. The van der Waals surface area contributed by atoms with Crippen molar-refractivity contribution in [3.63, 3.8) is 0 Å². The Bertz CT molecular complexity index is 1350. The van der Waals surface area contributed by atoms with Crippen LogP contribution in [0.3, 0.4) is 0 Å². The lowest BCUT2D eigenvalue weighted by atomic mass is 9.90. The first-order valence-electron chi connectivity index (χ1n) is 13.4. The maximum Gasteiger partial charge on any atom is 0.286 e. The van der Waals surface area contributed by atoms with E-state index in [1.807, 2.05) is 29.2 Å². The van der Waals surface area contributed by atoms with E-state index >= 15 is 0 Å². The van der Waals surface area contributed by atoms with Gasteiger partial charge in [0.1, 0.15) is 0 Å². The predicted molar refractivity (Wildman–Crippen MR) is 153 cm³/mol. The van der Waals surface area contributed by atoms with Gasteiger partial charge >= 0.3 is 0 Å². The number of hydrogen-bond donors (Lipinski definition) is 1. The summed E-state index contributed by atoms with van der Waals surface area (Å²) in [5.74, 6) is 0.404. The second-order valence-electron chi connectivity index (χ2n) is 10.3. The summed E-state index contributed by atoms with van der Waals surface area (Å²) in [7, 11) is 0. The summed E-state index contributed by atoms with van der Waals surface area (Å²) in [6.07, 6.45) is 3.76. The number of imide groups is 1. The number of nitrogens with zero attached hydrogens (tertiary/aromatic N) is 2. The Labute approximate surface area is 227 Å². The molecule has 194 valence electrons. The average molecular weight is 526 g/mol. The number of piperidine rings is 1. The van der Waals surface area contributed by atoms with Crippen molar-refractivity contribution in [2.75, 3.05) is 29.4 Å². The lowest BCUT2D eigenvalue weighted by Gasteiger charge is -2.38. The second-order valence-corrected chi connectivity index (χ2v) is 11.5. The molecule has 0 aromatic heterocycles. The van der Waals surface area contributed by atoms with Crippen LogP contribution in [0.25, 0.3) is 11.1 Å². The van der Waals surface area contributed by atoms with Crippen LogP contribution < -0.4 is 15.1 Å². The lowest BCUT2D eigenvalue weighted by molar-refractivity contribution is -0.120. The Morgan fingerprint density at radius 3 is 2.26 bits per heavy atom. The number of anilines is 2. The summed E-state index contributed by atoms with van der Waals surface area (Å²) >= 11 is 1.06. The van der Waals surface area contributed by atoms with Gasteiger partial charge in [-0.25, -0.2) is 0 Å². The third-order valence-corrected chi connectivity index (χ3v) is 8.98. The highest BCUT2D eigenvalue weighted by molar-refractivity contribution is 8.15. The summed E-state index contributed by atoms with van der Waals surface area (Å²) in [4.78, 5) is 41.2. The van der Waals surface area contributed by atoms with Crippen LogP contribution in [0.4, 0.5) is 16.2 Å². The van der Waals surface area contributed by atoms with Gasteiger partial charge < -0.3 is 9.80 Å². The summed E-state index contributed by atoms with van der Waals surface area (Å²) in [6.45, 7) is 2.69. The molecule has 3 aromatic rings. The minimum Gasteiger partial charge on any atom is -0.372 e. The SMILES string of the molecule is O=C1NC(=O)C(Cc2cccc3c2CCC(=O)N3CC2CCN(c3ccc(-c4ccccc4)cc3)CC2)S1. The van der Waals surface area contributed by atoms with Gasteiger partial charge in [-0.1, -0.05) is 66.4 Å². The number of rotatable bonds is 6. The van der Waals surface area contributed by atoms with Crippen LogP contribution in [0.1, 0.15) is 30.4 Å². The van der Waals surface area contributed by atoms with Crippen LogP contribution in [-0.4, -0.2) is 41.9 Å². The number of carbonyl (C=O) groups is 3. The molecule has 0 bridgehead atoms. The highest BCUT2D eigenvalue weighted by Crippen LogP contribution is 2.35. The van der Waals surface area contributed by atoms with Crippen LogP contribution >= 0.6 is 11.8 Å². The minimum atomic E-state index is -0.397. The third-order valence-electron chi connectivity index (χ3n) is 8.00. The molecule has 38 heavy (non-hydrogen) atoms. The molecular weight excluding hydrogens is 494 g/mol. The third kappa shape index (κ3) is 5.07. The van der Waals surface area contributed by atoms with E-state index in [0.29, 0.717) is 25.2 Å². The van der Waals surface area contributed by atoms with Crippen LogP contribution in [0, 0.1) is 5.92 Å². The fourth-order valence-corrected chi connectivity index (χ4v) is 6.76. The van der Waals surface area contributed by atoms with E-state index in [0.717, 1.165) is 61.1 Å². The van der Waals surface area contributed by atoms with Crippen molar-refractivity contribution >= 4 is 40.2 Å². The molecule has 2 fully saturated rings. The largest absolute Gasteiger partial charge is 0.372 e. The first-order valence-corrected chi connectivity index (χ1v) is 14.3. The number of hydrogen-bond acceptors (Lipinski definition) is 5. The number of carbonyl (C=O) groups excluding carboxylic acids is 3. The first kappa shape index (κ1) is 24.7. The molecule has 0 saturated carbocycles. The molecule has 3 amide bonds. The maximum atomic E-state index is 13.0. The molecule has 3 aliphatic heterocycles. The first-order chi connectivity index (χ1) is 18.5. The summed E-state index contributed by atoms with van der Waals surface area (Å²) in [5.41, 5.74) is 6.90. The Hall–Kier alpha value is -3.58. The molecule has 0 spiro atoms. The Morgan fingerprint density at radius 1 is 0.816 bits per heavy atom. The molecule has 3 aromatic carbocycles. The van der Waals surface area contributed by atoms with E-state index < -0.39 is 5.25 Å².